The molecule has 1 N–H and O–H groups in total. The van der Waals surface area contributed by atoms with Crippen molar-refractivity contribution in [1.29, 1.82) is 0 Å². The number of nitrogens with one attached hydrogen (secondary N) is 1. The fraction of sp³-hybridized carbons (Fsp3) is 0.0476. The minimum atomic E-state index is -0.863. The Kier molecular flexibility index (Phi) is 7.70. The number of hydrogen-bond acceptors (Lipinski definition) is 5. The maximum atomic E-state index is 13.9. The average molecular weight is 513 g/mol. The van der Waals surface area contributed by atoms with Crippen LogP contribution in [-0.2, 0) is 4.74 Å². The van der Waals surface area contributed by atoms with Crippen LogP contribution < -0.4 is 10.1 Å². The lowest BCUT2D eigenvalue weighted by molar-refractivity contribution is -0.384. The van der Waals surface area contributed by atoms with E-state index < -0.39 is 16.8 Å². The van der Waals surface area contributed by atoms with Gasteiger partial charge in [0.25, 0.3) is 5.69 Å². The SMILES string of the molecule is COC(=NC(=O)Nc1cc(Cl)c(Oc2ccc([N+](=O)[O-])c(Cl)c2)c(Cl)c1)c1ccccc1F. The van der Waals surface area contributed by atoms with Gasteiger partial charge in [-0.15, -0.1) is 0 Å². The number of nitrogens with zero attached hydrogens (tertiary/aromatic N) is 2. The van der Waals surface area contributed by atoms with Gasteiger partial charge in [-0.25, -0.2) is 9.18 Å². The molecule has 0 spiro atoms. The maximum absolute atomic E-state index is 13.9. The van der Waals surface area contributed by atoms with Crippen molar-refractivity contribution in [3.63, 3.8) is 0 Å². The number of benzene rings is 3. The van der Waals surface area contributed by atoms with Crippen molar-refractivity contribution >= 4 is 58.1 Å². The molecule has 3 rings (SSSR count). The average Bonchev–Trinajstić information content (AvgIpc) is 2.75. The molecule has 0 aromatic heterocycles. The normalized spacial score (nSPS) is 11.1. The topological polar surface area (TPSA) is 103 Å². The number of carbonyl (C=O) groups is 1. The molecule has 12 heteroatoms. The van der Waals surface area contributed by atoms with Crippen molar-refractivity contribution in [3.8, 4) is 11.5 Å². The Labute approximate surface area is 201 Å². The Morgan fingerprint density at radius 1 is 1.06 bits per heavy atom. The first-order valence-corrected chi connectivity index (χ1v) is 10.1. The molecule has 2 amide bonds. The molecule has 33 heavy (non-hydrogen) atoms. The van der Waals surface area contributed by atoms with Gasteiger partial charge in [-0.3, -0.25) is 10.1 Å². The molecule has 0 atom stereocenters. The van der Waals surface area contributed by atoms with Gasteiger partial charge in [0.2, 0.25) is 5.90 Å². The first kappa shape index (κ1) is 24.2. The molecular formula is C21H13Cl3FN3O5. The molecule has 0 aliphatic rings. The summed E-state index contributed by atoms with van der Waals surface area (Å²) < 4.78 is 24.5. The van der Waals surface area contributed by atoms with Crippen molar-refractivity contribution < 1.29 is 23.6 Å². The van der Waals surface area contributed by atoms with E-state index in [1.54, 1.807) is 6.07 Å². The van der Waals surface area contributed by atoms with E-state index in [4.69, 9.17) is 44.3 Å². The number of aliphatic imine (C=N–C) groups is 1. The summed E-state index contributed by atoms with van der Waals surface area (Å²) in [6, 6.07) is 11.3. The van der Waals surface area contributed by atoms with Crippen molar-refractivity contribution in [2.24, 2.45) is 4.99 Å². The van der Waals surface area contributed by atoms with E-state index in [1.165, 1.54) is 55.6 Å². The lowest BCUT2D eigenvalue weighted by atomic mass is 10.2. The highest BCUT2D eigenvalue weighted by molar-refractivity contribution is 6.37. The molecule has 3 aromatic rings. The fourth-order valence-electron chi connectivity index (χ4n) is 2.64. The van der Waals surface area contributed by atoms with Crippen molar-refractivity contribution in [1.82, 2.24) is 0 Å². The number of halogens is 4. The van der Waals surface area contributed by atoms with E-state index in [1.807, 2.05) is 0 Å². The van der Waals surface area contributed by atoms with Gasteiger partial charge in [0.05, 0.1) is 27.6 Å². The summed E-state index contributed by atoms with van der Waals surface area (Å²) in [6.45, 7) is 0. The second kappa shape index (κ2) is 10.5. The summed E-state index contributed by atoms with van der Waals surface area (Å²) in [6.07, 6.45) is 0. The number of ether oxygens (including phenoxy) is 2. The van der Waals surface area contributed by atoms with Gasteiger partial charge in [0, 0.05) is 17.8 Å². The van der Waals surface area contributed by atoms with Gasteiger partial charge < -0.3 is 14.8 Å². The van der Waals surface area contributed by atoms with E-state index in [2.05, 4.69) is 10.3 Å². The maximum Gasteiger partial charge on any atom is 0.348 e. The van der Waals surface area contributed by atoms with Gasteiger partial charge in [0.1, 0.15) is 16.6 Å². The summed E-state index contributed by atoms with van der Waals surface area (Å²) in [7, 11) is 1.25. The lowest BCUT2D eigenvalue weighted by Crippen LogP contribution is -2.14. The van der Waals surface area contributed by atoms with E-state index >= 15 is 0 Å². The van der Waals surface area contributed by atoms with Gasteiger partial charge in [-0.05, 0) is 30.3 Å². The minimum Gasteiger partial charge on any atom is -0.480 e. The van der Waals surface area contributed by atoms with E-state index in [-0.39, 0.29) is 49.4 Å². The summed E-state index contributed by atoms with van der Waals surface area (Å²) in [4.78, 5) is 26.3. The van der Waals surface area contributed by atoms with Crippen LogP contribution in [0, 0.1) is 15.9 Å². The van der Waals surface area contributed by atoms with Crippen LogP contribution in [0.25, 0.3) is 0 Å². The number of nitro benzene ring substituents is 1. The quantitative estimate of drug-likeness (QED) is 0.170. The smallest absolute Gasteiger partial charge is 0.348 e. The zero-order chi connectivity index (χ0) is 24.1. The van der Waals surface area contributed by atoms with Crippen LogP contribution in [0.3, 0.4) is 0 Å². The number of nitro groups is 1. The first-order valence-electron chi connectivity index (χ1n) is 8.99. The second-order valence-corrected chi connectivity index (χ2v) is 7.49. The van der Waals surface area contributed by atoms with Gasteiger partial charge in [0.15, 0.2) is 5.75 Å². The van der Waals surface area contributed by atoms with Crippen LogP contribution in [0.4, 0.5) is 20.6 Å². The second-order valence-electron chi connectivity index (χ2n) is 6.27. The molecule has 0 heterocycles. The first-order chi connectivity index (χ1) is 15.7. The predicted octanol–water partition coefficient (Wildman–Crippen LogP) is 7.11. The number of hydrogen-bond donors (Lipinski definition) is 1. The molecule has 0 saturated carbocycles. The summed E-state index contributed by atoms with van der Waals surface area (Å²) in [5.41, 5.74) is -0.0980. The Hall–Kier alpha value is -3.40. The predicted molar refractivity (Wildman–Crippen MR) is 124 cm³/mol. The highest BCUT2D eigenvalue weighted by Gasteiger charge is 2.17. The summed E-state index contributed by atoms with van der Waals surface area (Å²) >= 11 is 18.3. The molecule has 0 radical (unpaired) electrons. The highest BCUT2D eigenvalue weighted by Crippen LogP contribution is 2.40. The van der Waals surface area contributed by atoms with E-state index in [0.717, 1.165) is 0 Å². The van der Waals surface area contributed by atoms with E-state index in [9.17, 15) is 19.3 Å². The Bertz CT molecular complexity index is 1250. The number of rotatable bonds is 5. The molecule has 0 unspecified atom stereocenters. The third-order valence-electron chi connectivity index (χ3n) is 4.09. The van der Waals surface area contributed by atoms with Crippen molar-refractivity contribution in [3.05, 3.63) is 91.2 Å². The third-order valence-corrected chi connectivity index (χ3v) is 4.95. The van der Waals surface area contributed by atoms with Gasteiger partial charge >= 0.3 is 6.03 Å². The Balaban J connectivity index is 1.80. The molecule has 0 fully saturated rings. The standard InChI is InChI=1S/C21H13Cl3FN3O5/c1-32-20(13-4-2-3-5-17(13)25)27-21(29)26-11-8-15(23)19(16(24)9-11)33-12-6-7-18(28(30)31)14(22)10-12/h2-10H,1H3,(H,26,29). The number of methoxy groups -OCH3 is 1. The Morgan fingerprint density at radius 2 is 1.73 bits per heavy atom. The summed E-state index contributed by atoms with van der Waals surface area (Å²) in [5, 5.41) is 13.2. The van der Waals surface area contributed by atoms with Gasteiger partial charge in [-0.1, -0.05) is 46.9 Å². The fourth-order valence-corrected chi connectivity index (χ4v) is 3.44. The number of urea groups is 1. The molecule has 8 nitrogen and oxygen atoms in total. The van der Waals surface area contributed by atoms with Crippen LogP contribution in [0.15, 0.2) is 59.6 Å². The molecule has 3 aromatic carbocycles. The summed E-state index contributed by atoms with van der Waals surface area (Å²) in [5.74, 6) is -0.637. The van der Waals surface area contributed by atoms with Crippen LogP contribution >= 0.6 is 34.8 Å². The highest BCUT2D eigenvalue weighted by atomic mass is 35.5. The Morgan fingerprint density at radius 3 is 2.30 bits per heavy atom. The van der Waals surface area contributed by atoms with E-state index in [0.29, 0.717) is 0 Å². The zero-order valence-corrected chi connectivity index (χ0v) is 18.9. The molecule has 0 bridgehead atoms. The van der Waals surface area contributed by atoms with Gasteiger partial charge in [-0.2, -0.15) is 4.99 Å². The minimum absolute atomic E-state index is 0.0109. The molecular weight excluding hydrogens is 500 g/mol. The largest absolute Gasteiger partial charge is 0.480 e. The monoisotopic (exact) mass is 511 g/mol. The number of anilines is 1. The molecule has 170 valence electrons. The van der Waals surface area contributed by atoms with Crippen molar-refractivity contribution in [2.45, 2.75) is 0 Å². The van der Waals surface area contributed by atoms with Crippen LogP contribution in [0.2, 0.25) is 15.1 Å². The molecule has 0 aliphatic carbocycles. The van der Waals surface area contributed by atoms with Crippen LogP contribution in [-0.4, -0.2) is 24.0 Å². The molecule has 0 aliphatic heterocycles. The van der Waals surface area contributed by atoms with Crippen LogP contribution in [0.1, 0.15) is 5.56 Å². The number of amides is 2. The third kappa shape index (κ3) is 5.89. The van der Waals surface area contributed by atoms with Crippen molar-refractivity contribution in [2.75, 3.05) is 12.4 Å². The number of carbonyl (C=O) groups excluding carboxylic acids is 1. The lowest BCUT2D eigenvalue weighted by Gasteiger charge is -2.12. The van der Waals surface area contributed by atoms with Crippen LogP contribution in [0.5, 0.6) is 11.5 Å². The zero-order valence-electron chi connectivity index (χ0n) is 16.6. The molecule has 0 saturated heterocycles.